The van der Waals surface area contributed by atoms with Crippen LogP contribution in [0, 0.1) is 11.3 Å². The molecule has 0 bridgehead atoms. The van der Waals surface area contributed by atoms with E-state index < -0.39 is 0 Å². The molecule has 4 nitrogen and oxygen atoms in total. The van der Waals surface area contributed by atoms with Crippen LogP contribution in [0.25, 0.3) is 0 Å². The topological polar surface area (TPSA) is 42.3 Å². The fraction of sp³-hybridized carbons (Fsp3) is 0.933. The summed E-state index contributed by atoms with van der Waals surface area (Å²) in [6.45, 7) is 9.97. The van der Waals surface area contributed by atoms with Crippen LogP contribution in [0.4, 0.5) is 0 Å². The molecule has 0 aromatic rings. The predicted molar refractivity (Wildman–Crippen MR) is 77.9 cm³/mol. The van der Waals surface area contributed by atoms with Gasteiger partial charge in [-0.25, -0.2) is 0 Å². The van der Waals surface area contributed by atoms with Crippen LogP contribution in [-0.4, -0.2) is 60.1 Å². The summed E-state index contributed by atoms with van der Waals surface area (Å²) in [6, 6.07) is 4.15. The quantitative estimate of drug-likeness (QED) is 0.816. The Labute approximate surface area is 117 Å². The van der Waals surface area contributed by atoms with Crippen molar-refractivity contribution in [2.24, 2.45) is 0 Å². The van der Waals surface area contributed by atoms with E-state index in [1.54, 1.807) is 0 Å². The van der Waals surface area contributed by atoms with Gasteiger partial charge in [0, 0.05) is 37.8 Å². The molecule has 0 aromatic carbocycles. The zero-order valence-corrected chi connectivity index (χ0v) is 12.8. The van der Waals surface area contributed by atoms with Crippen molar-refractivity contribution in [3.63, 3.8) is 0 Å². The van der Waals surface area contributed by atoms with Crippen LogP contribution in [0.3, 0.4) is 0 Å². The molecular weight excluding hydrogens is 236 g/mol. The van der Waals surface area contributed by atoms with Crippen LogP contribution in [0.15, 0.2) is 0 Å². The Hall–Kier alpha value is -0.630. The van der Waals surface area contributed by atoms with Crippen molar-refractivity contribution < 1.29 is 0 Å². The molecule has 0 aromatic heterocycles. The second kappa shape index (κ2) is 5.78. The third-order valence-electron chi connectivity index (χ3n) is 4.66. The van der Waals surface area contributed by atoms with Gasteiger partial charge in [-0.1, -0.05) is 0 Å². The second-order valence-corrected chi connectivity index (χ2v) is 6.74. The van der Waals surface area contributed by atoms with E-state index in [1.165, 1.54) is 12.8 Å². The van der Waals surface area contributed by atoms with Gasteiger partial charge in [0.1, 0.15) is 5.54 Å². The van der Waals surface area contributed by atoms with Crippen LogP contribution in [0.1, 0.15) is 40.0 Å². The van der Waals surface area contributed by atoms with Crippen molar-refractivity contribution in [3.8, 4) is 6.07 Å². The van der Waals surface area contributed by atoms with E-state index in [0.29, 0.717) is 18.1 Å². The lowest BCUT2D eigenvalue weighted by Gasteiger charge is -2.42. The number of rotatable bonds is 5. The summed E-state index contributed by atoms with van der Waals surface area (Å²) in [4.78, 5) is 4.95. The van der Waals surface area contributed by atoms with E-state index in [0.717, 1.165) is 26.1 Å². The molecule has 0 radical (unpaired) electrons. The second-order valence-electron chi connectivity index (χ2n) is 6.74. The minimum atomic E-state index is -0.368. The average molecular weight is 264 g/mol. The fourth-order valence-corrected chi connectivity index (χ4v) is 3.01. The lowest BCUT2D eigenvalue weighted by molar-refractivity contribution is 0.0678. The van der Waals surface area contributed by atoms with Crippen LogP contribution in [0.2, 0.25) is 0 Å². The molecule has 1 saturated carbocycles. The molecule has 2 rings (SSSR count). The Balaban J connectivity index is 1.88. The van der Waals surface area contributed by atoms with Crippen molar-refractivity contribution in [1.29, 1.82) is 5.26 Å². The average Bonchev–Trinajstić information content (AvgIpc) is 3.16. The minimum absolute atomic E-state index is 0.368. The minimum Gasteiger partial charge on any atom is -0.301 e. The number of hydrogen-bond donors (Lipinski definition) is 1. The summed E-state index contributed by atoms with van der Waals surface area (Å²) < 4.78 is 0. The van der Waals surface area contributed by atoms with Gasteiger partial charge in [-0.3, -0.25) is 10.2 Å². The van der Waals surface area contributed by atoms with Gasteiger partial charge < -0.3 is 4.90 Å². The first-order chi connectivity index (χ1) is 8.93. The summed E-state index contributed by atoms with van der Waals surface area (Å²) in [7, 11) is 2.20. The fourth-order valence-electron chi connectivity index (χ4n) is 3.01. The highest BCUT2D eigenvalue weighted by Gasteiger charge is 2.35. The molecule has 3 unspecified atom stereocenters. The smallest absolute Gasteiger partial charge is 0.105 e. The number of piperazine rings is 1. The van der Waals surface area contributed by atoms with Gasteiger partial charge in [0.05, 0.1) is 6.07 Å². The number of likely N-dealkylation sites (N-methyl/N-ethyl adjacent to an activating group) is 1. The number of nitrogens with zero attached hydrogens (tertiary/aromatic N) is 3. The van der Waals surface area contributed by atoms with Crippen LogP contribution >= 0.6 is 0 Å². The zero-order valence-electron chi connectivity index (χ0n) is 12.8. The highest BCUT2D eigenvalue weighted by Crippen LogP contribution is 2.26. The molecule has 4 heteroatoms. The third-order valence-corrected chi connectivity index (χ3v) is 4.66. The standard InChI is InChI=1S/C15H28N4/c1-12(19-8-7-18(4)13(2)10-19)9-15(3,11-16)17-14-5-6-14/h12-14,17H,5-10H2,1-4H3. The summed E-state index contributed by atoms with van der Waals surface area (Å²) in [5.41, 5.74) is -0.368. The van der Waals surface area contributed by atoms with Crippen molar-refractivity contribution in [1.82, 2.24) is 15.1 Å². The zero-order chi connectivity index (χ0) is 14.0. The molecule has 1 saturated heterocycles. The van der Waals surface area contributed by atoms with E-state index in [2.05, 4.69) is 49.0 Å². The molecule has 2 aliphatic rings. The van der Waals surface area contributed by atoms with Gasteiger partial charge >= 0.3 is 0 Å². The molecule has 1 N–H and O–H groups in total. The number of hydrogen-bond acceptors (Lipinski definition) is 4. The maximum absolute atomic E-state index is 9.46. The van der Waals surface area contributed by atoms with E-state index in [4.69, 9.17) is 0 Å². The normalized spacial score (nSPS) is 30.6. The predicted octanol–water partition coefficient (Wildman–Crippen LogP) is 1.44. The van der Waals surface area contributed by atoms with E-state index >= 15 is 0 Å². The third kappa shape index (κ3) is 3.92. The Morgan fingerprint density at radius 3 is 2.63 bits per heavy atom. The van der Waals surface area contributed by atoms with Gasteiger partial charge in [-0.05, 0) is 47.1 Å². The molecule has 19 heavy (non-hydrogen) atoms. The van der Waals surface area contributed by atoms with Crippen LogP contribution in [-0.2, 0) is 0 Å². The molecule has 1 heterocycles. The molecular formula is C15H28N4. The Morgan fingerprint density at radius 2 is 2.11 bits per heavy atom. The van der Waals surface area contributed by atoms with Crippen molar-refractivity contribution in [3.05, 3.63) is 0 Å². The van der Waals surface area contributed by atoms with Crippen LogP contribution < -0.4 is 5.32 Å². The van der Waals surface area contributed by atoms with Gasteiger partial charge in [0.25, 0.3) is 0 Å². The molecule has 108 valence electrons. The van der Waals surface area contributed by atoms with Gasteiger partial charge in [-0.2, -0.15) is 5.26 Å². The molecule has 0 spiro atoms. The summed E-state index contributed by atoms with van der Waals surface area (Å²) in [6.07, 6.45) is 3.38. The van der Waals surface area contributed by atoms with E-state index in [-0.39, 0.29) is 5.54 Å². The van der Waals surface area contributed by atoms with E-state index in [1.807, 2.05) is 0 Å². The molecule has 0 amide bonds. The van der Waals surface area contributed by atoms with Crippen LogP contribution in [0.5, 0.6) is 0 Å². The maximum Gasteiger partial charge on any atom is 0.105 e. The lowest BCUT2D eigenvalue weighted by atomic mass is 9.93. The Bertz CT molecular complexity index is 347. The maximum atomic E-state index is 9.46. The largest absolute Gasteiger partial charge is 0.301 e. The van der Waals surface area contributed by atoms with Gasteiger partial charge in [-0.15, -0.1) is 0 Å². The summed E-state index contributed by atoms with van der Waals surface area (Å²) >= 11 is 0. The summed E-state index contributed by atoms with van der Waals surface area (Å²) in [5.74, 6) is 0. The van der Waals surface area contributed by atoms with Crippen molar-refractivity contribution >= 4 is 0 Å². The Morgan fingerprint density at radius 1 is 1.42 bits per heavy atom. The number of nitrogens with one attached hydrogen (secondary N) is 1. The molecule has 1 aliphatic heterocycles. The first kappa shape index (κ1) is 14.8. The molecule has 3 atom stereocenters. The monoisotopic (exact) mass is 264 g/mol. The van der Waals surface area contributed by atoms with E-state index in [9.17, 15) is 5.26 Å². The summed E-state index contributed by atoms with van der Waals surface area (Å²) in [5, 5.41) is 13.0. The van der Waals surface area contributed by atoms with Gasteiger partial charge in [0.15, 0.2) is 0 Å². The van der Waals surface area contributed by atoms with Crippen molar-refractivity contribution in [2.45, 2.75) is 63.7 Å². The van der Waals surface area contributed by atoms with Crippen molar-refractivity contribution in [2.75, 3.05) is 26.7 Å². The Kier molecular flexibility index (Phi) is 4.50. The lowest BCUT2D eigenvalue weighted by Crippen LogP contribution is -2.55. The highest BCUT2D eigenvalue weighted by atomic mass is 15.3. The first-order valence-electron chi connectivity index (χ1n) is 7.57. The molecule has 1 aliphatic carbocycles. The molecule has 2 fully saturated rings. The first-order valence-corrected chi connectivity index (χ1v) is 7.57. The SMILES string of the molecule is CC1CN(C(C)CC(C)(C#N)NC2CC2)CCN1C. The number of nitriles is 1. The van der Waals surface area contributed by atoms with Gasteiger partial charge in [0.2, 0.25) is 0 Å². The highest BCUT2D eigenvalue weighted by molar-refractivity contribution is 5.08.